The standard InChI is InChI=1S/C30H36BrNO5/c1-27-12-11-21(32-37-18-19-7-5-6-8-23(19)31)15-20(27)9-10-22-26(27)24(34)16-29(3)28(22,2)13-14-30(29,36-4)25(35)17-33/h5-8,11-12,15,22,26,33H,9-10,13-14,16-18H2,1-4H3/b32-21+/t22-,26-,27+,28+,29+,30+/m1/s1. The molecular weight excluding hydrogens is 534 g/mol. The summed E-state index contributed by atoms with van der Waals surface area (Å²) in [5.41, 5.74) is 0.557. The number of carbonyl (C=O) groups excluding carboxylic acids is 2. The van der Waals surface area contributed by atoms with E-state index in [1.165, 1.54) is 5.57 Å². The Morgan fingerprint density at radius 2 is 1.97 bits per heavy atom. The van der Waals surface area contributed by atoms with E-state index in [0.717, 1.165) is 35.0 Å². The Morgan fingerprint density at radius 3 is 2.68 bits per heavy atom. The van der Waals surface area contributed by atoms with Crippen LogP contribution < -0.4 is 0 Å². The number of Topliss-reactive ketones (excluding diaryl/α,β-unsaturated/α-hetero) is 2. The molecule has 1 N–H and O–H groups in total. The molecule has 0 heterocycles. The maximum atomic E-state index is 14.0. The van der Waals surface area contributed by atoms with Crippen molar-refractivity contribution < 1.29 is 24.3 Å². The predicted octanol–water partition coefficient (Wildman–Crippen LogP) is 5.58. The smallest absolute Gasteiger partial charge is 0.190 e. The van der Waals surface area contributed by atoms with Crippen molar-refractivity contribution in [1.82, 2.24) is 0 Å². The van der Waals surface area contributed by atoms with E-state index in [9.17, 15) is 14.7 Å². The summed E-state index contributed by atoms with van der Waals surface area (Å²) in [6, 6.07) is 7.91. The minimum atomic E-state index is -1.12. The second kappa shape index (κ2) is 9.28. The molecule has 3 fully saturated rings. The van der Waals surface area contributed by atoms with E-state index in [1.54, 1.807) is 7.11 Å². The summed E-state index contributed by atoms with van der Waals surface area (Å²) < 4.78 is 6.91. The van der Waals surface area contributed by atoms with Crippen molar-refractivity contribution in [2.24, 2.45) is 33.2 Å². The molecule has 0 saturated heterocycles. The van der Waals surface area contributed by atoms with Crippen LogP contribution in [0.4, 0.5) is 0 Å². The number of methoxy groups -OCH3 is 1. The number of benzene rings is 1. The summed E-state index contributed by atoms with van der Waals surface area (Å²) in [5, 5.41) is 14.2. The van der Waals surface area contributed by atoms with Crippen molar-refractivity contribution in [1.29, 1.82) is 0 Å². The first kappa shape index (κ1) is 26.5. The highest BCUT2D eigenvalue weighted by atomic mass is 79.9. The number of nitrogens with zero attached hydrogens (tertiary/aromatic N) is 1. The van der Waals surface area contributed by atoms with Gasteiger partial charge in [-0.15, -0.1) is 0 Å². The summed E-state index contributed by atoms with van der Waals surface area (Å²) in [7, 11) is 1.55. The monoisotopic (exact) mass is 569 g/mol. The summed E-state index contributed by atoms with van der Waals surface area (Å²) in [6.45, 7) is 6.26. The maximum Gasteiger partial charge on any atom is 0.190 e. The average molecular weight is 571 g/mol. The van der Waals surface area contributed by atoms with Crippen molar-refractivity contribution in [3.05, 3.63) is 58.1 Å². The van der Waals surface area contributed by atoms with Gasteiger partial charge in [0, 0.05) is 40.3 Å². The Hall–Kier alpha value is -2.09. The molecule has 37 heavy (non-hydrogen) atoms. The third-order valence-electron chi connectivity index (χ3n) is 10.5. The number of aliphatic hydroxyl groups excluding tert-OH is 1. The van der Waals surface area contributed by atoms with Crippen LogP contribution >= 0.6 is 15.9 Å². The van der Waals surface area contributed by atoms with Crippen molar-refractivity contribution >= 4 is 33.2 Å². The van der Waals surface area contributed by atoms with Gasteiger partial charge in [0.05, 0.1) is 0 Å². The van der Waals surface area contributed by atoms with Crippen molar-refractivity contribution in [3.63, 3.8) is 0 Å². The van der Waals surface area contributed by atoms with Gasteiger partial charge in [0.25, 0.3) is 0 Å². The SMILES string of the molecule is CO[C@]1(C(=O)CO)CC[C@@]2(C)[C@@H]3CCC4=C/C(=N/OCc5ccccc5Br)C=C[C@]4(C)[C@H]3C(=O)C[C@]12C. The fourth-order valence-corrected chi connectivity index (χ4v) is 8.64. The lowest BCUT2D eigenvalue weighted by molar-refractivity contribution is -0.189. The van der Waals surface area contributed by atoms with E-state index in [-0.39, 0.29) is 35.2 Å². The number of ether oxygens (including phenoxy) is 1. The van der Waals surface area contributed by atoms with Gasteiger partial charge in [-0.25, -0.2) is 0 Å². The number of ketones is 2. The zero-order valence-corrected chi connectivity index (χ0v) is 23.6. The Balaban J connectivity index is 1.42. The van der Waals surface area contributed by atoms with Crippen LogP contribution in [-0.2, 0) is 25.8 Å². The average Bonchev–Trinajstić information content (AvgIpc) is 3.12. The lowest BCUT2D eigenvalue weighted by atomic mass is 9.41. The Bertz CT molecular complexity index is 1220. The molecule has 0 aliphatic heterocycles. The van der Waals surface area contributed by atoms with Gasteiger partial charge in [0.2, 0.25) is 0 Å². The highest BCUT2D eigenvalue weighted by Crippen LogP contribution is 2.72. The van der Waals surface area contributed by atoms with Crippen LogP contribution in [-0.4, -0.2) is 41.7 Å². The number of rotatable bonds is 6. The number of halogens is 1. The van der Waals surface area contributed by atoms with Crippen LogP contribution in [0, 0.1) is 28.1 Å². The molecule has 1 aromatic carbocycles. The van der Waals surface area contributed by atoms with Gasteiger partial charge < -0.3 is 14.7 Å². The zero-order valence-electron chi connectivity index (χ0n) is 22.1. The van der Waals surface area contributed by atoms with Crippen molar-refractivity contribution in [3.8, 4) is 0 Å². The quantitative estimate of drug-likeness (QED) is 0.452. The number of aliphatic hydroxyl groups is 1. The number of fused-ring (bicyclic) bond motifs is 5. The van der Waals surface area contributed by atoms with Crippen LogP contribution in [0.15, 0.2) is 57.7 Å². The van der Waals surface area contributed by atoms with E-state index in [1.807, 2.05) is 37.3 Å². The number of oxime groups is 1. The second-order valence-electron chi connectivity index (χ2n) is 11.8. The lowest BCUT2D eigenvalue weighted by Crippen LogP contribution is -2.64. The fraction of sp³-hybridized carbons (Fsp3) is 0.567. The van der Waals surface area contributed by atoms with Crippen LogP contribution in [0.3, 0.4) is 0 Å². The molecule has 4 aliphatic carbocycles. The first-order chi connectivity index (χ1) is 17.6. The van der Waals surface area contributed by atoms with Gasteiger partial charge in [0.1, 0.15) is 30.3 Å². The summed E-state index contributed by atoms with van der Waals surface area (Å²) >= 11 is 3.54. The minimum Gasteiger partial charge on any atom is -0.390 e. The summed E-state index contributed by atoms with van der Waals surface area (Å²) in [5.74, 6) is -0.168. The molecule has 198 valence electrons. The molecule has 6 nitrogen and oxygen atoms in total. The van der Waals surface area contributed by atoms with E-state index in [0.29, 0.717) is 13.0 Å². The van der Waals surface area contributed by atoms with Crippen molar-refractivity contribution in [2.75, 3.05) is 13.7 Å². The third kappa shape index (κ3) is 3.68. The molecule has 5 rings (SSSR count). The highest BCUT2D eigenvalue weighted by Gasteiger charge is 2.73. The normalized spacial score (nSPS) is 39.6. The highest BCUT2D eigenvalue weighted by molar-refractivity contribution is 9.10. The molecule has 3 saturated carbocycles. The molecule has 0 spiro atoms. The molecule has 0 unspecified atom stereocenters. The first-order valence-electron chi connectivity index (χ1n) is 13.1. The van der Waals surface area contributed by atoms with Crippen LogP contribution in [0.1, 0.15) is 58.4 Å². The van der Waals surface area contributed by atoms with Crippen LogP contribution in [0.2, 0.25) is 0 Å². The summed E-state index contributed by atoms with van der Waals surface area (Å²) in [4.78, 5) is 32.7. The van der Waals surface area contributed by atoms with Gasteiger partial charge >= 0.3 is 0 Å². The largest absolute Gasteiger partial charge is 0.390 e. The summed E-state index contributed by atoms with van der Waals surface area (Å²) in [6.07, 6.45) is 9.53. The molecular formula is C30H36BrNO5. The van der Waals surface area contributed by atoms with E-state index < -0.39 is 23.0 Å². The molecule has 0 amide bonds. The van der Waals surface area contributed by atoms with Gasteiger partial charge in [-0.1, -0.05) is 71.7 Å². The van der Waals surface area contributed by atoms with Crippen LogP contribution in [0.5, 0.6) is 0 Å². The minimum absolute atomic E-state index is 0.124. The van der Waals surface area contributed by atoms with Gasteiger partial charge in [-0.2, -0.15) is 0 Å². The number of allylic oxidation sites excluding steroid dienone is 4. The van der Waals surface area contributed by atoms with Gasteiger partial charge in [-0.05, 0) is 55.2 Å². The fourth-order valence-electron chi connectivity index (χ4n) is 8.24. The molecule has 0 aromatic heterocycles. The number of carbonyl (C=O) groups is 2. The molecule has 4 aliphatic rings. The topological polar surface area (TPSA) is 85.2 Å². The number of hydrogen-bond donors (Lipinski definition) is 1. The number of hydrogen-bond acceptors (Lipinski definition) is 6. The molecule has 0 bridgehead atoms. The Labute approximate surface area is 227 Å². The first-order valence-corrected chi connectivity index (χ1v) is 13.9. The van der Waals surface area contributed by atoms with E-state index in [4.69, 9.17) is 9.57 Å². The zero-order chi connectivity index (χ0) is 26.6. The van der Waals surface area contributed by atoms with E-state index in [2.05, 4.69) is 47.1 Å². The van der Waals surface area contributed by atoms with Gasteiger partial charge in [-0.3, -0.25) is 9.59 Å². The Morgan fingerprint density at radius 1 is 1.22 bits per heavy atom. The van der Waals surface area contributed by atoms with E-state index >= 15 is 0 Å². The van der Waals surface area contributed by atoms with Crippen LogP contribution in [0.25, 0.3) is 0 Å². The molecule has 6 atom stereocenters. The van der Waals surface area contributed by atoms with Crippen molar-refractivity contribution in [2.45, 2.75) is 65.1 Å². The lowest BCUT2D eigenvalue weighted by Gasteiger charge is -2.62. The second-order valence-corrected chi connectivity index (χ2v) is 12.6. The molecule has 0 radical (unpaired) electrons. The molecule has 7 heteroatoms. The third-order valence-corrected chi connectivity index (χ3v) is 11.3. The Kier molecular flexibility index (Phi) is 6.65. The maximum absolute atomic E-state index is 14.0. The molecule has 1 aromatic rings. The van der Waals surface area contributed by atoms with Gasteiger partial charge in [0.15, 0.2) is 5.78 Å². The predicted molar refractivity (Wildman–Crippen MR) is 145 cm³/mol.